The molecule has 0 fully saturated rings. The Morgan fingerprint density at radius 3 is 2.57 bits per heavy atom. The van der Waals surface area contributed by atoms with Crippen LogP contribution in [0.5, 0.6) is 5.75 Å². The number of hydrogen-bond donors (Lipinski definition) is 1. The number of amides is 1. The van der Waals surface area contributed by atoms with Gasteiger partial charge in [0.25, 0.3) is 0 Å². The number of nitrogens with one attached hydrogen (secondary N) is 1. The lowest BCUT2D eigenvalue weighted by Crippen LogP contribution is -2.16. The topological polar surface area (TPSA) is 69.0 Å². The largest absolute Gasteiger partial charge is 0.488 e. The maximum atomic E-state index is 14.0. The molecule has 4 aromatic rings. The SMILES string of the molecule is Cc1cc(NC(=O)Cc2ccccn2)nn1Cc1cc(Cl)ccc1OCc1c(F)cc(F)cc1F. The van der Waals surface area contributed by atoms with Crippen LogP contribution in [0.3, 0.4) is 0 Å². The van der Waals surface area contributed by atoms with Gasteiger partial charge >= 0.3 is 0 Å². The highest BCUT2D eigenvalue weighted by molar-refractivity contribution is 6.30. The second-order valence-electron chi connectivity index (χ2n) is 7.76. The van der Waals surface area contributed by atoms with Crippen molar-refractivity contribution >= 4 is 23.3 Å². The molecule has 6 nitrogen and oxygen atoms in total. The van der Waals surface area contributed by atoms with E-state index in [1.165, 1.54) is 0 Å². The van der Waals surface area contributed by atoms with E-state index in [0.717, 1.165) is 5.69 Å². The number of pyridine rings is 1. The van der Waals surface area contributed by atoms with Crippen LogP contribution < -0.4 is 10.1 Å². The molecule has 0 unspecified atom stereocenters. The van der Waals surface area contributed by atoms with Gasteiger partial charge in [-0.3, -0.25) is 14.5 Å². The van der Waals surface area contributed by atoms with Crippen molar-refractivity contribution in [1.29, 1.82) is 0 Å². The Bertz CT molecular complexity index is 1340. The number of halogens is 4. The summed E-state index contributed by atoms with van der Waals surface area (Å²) in [7, 11) is 0. The lowest BCUT2D eigenvalue weighted by Gasteiger charge is -2.14. The first-order chi connectivity index (χ1) is 16.8. The smallest absolute Gasteiger partial charge is 0.231 e. The van der Waals surface area contributed by atoms with Gasteiger partial charge in [0.15, 0.2) is 5.82 Å². The fourth-order valence-electron chi connectivity index (χ4n) is 3.42. The molecular weight excluding hydrogens is 481 g/mol. The highest BCUT2D eigenvalue weighted by Crippen LogP contribution is 2.26. The Morgan fingerprint density at radius 2 is 1.86 bits per heavy atom. The molecule has 4 rings (SSSR count). The van der Waals surface area contributed by atoms with E-state index in [1.807, 2.05) is 6.92 Å². The van der Waals surface area contributed by atoms with Gasteiger partial charge in [-0.25, -0.2) is 13.2 Å². The van der Waals surface area contributed by atoms with Crippen LogP contribution in [-0.4, -0.2) is 20.7 Å². The van der Waals surface area contributed by atoms with Crippen LogP contribution in [-0.2, 0) is 24.4 Å². The number of anilines is 1. The number of nitrogens with zero attached hydrogens (tertiary/aromatic N) is 3. The molecule has 0 saturated heterocycles. The highest BCUT2D eigenvalue weighted by Gasteiger charge is 2.15. The lowest BCUT2D eigenvalue weighted by molar-refractivity contribution is -0.115. The van der Waals surface area contributed by atoms with Crippen LogP contribution in [0.4, 0.5) is 19.0 Å². The third-order valence-corrected chi connectivity index (χ3v) is 5.37. The third-order valence-electron chi connectivity index (χ3n) is 5.14. The van der Waals surface area contributed by atoms with Crippen LogP contribution in [0.15, 0.2) is 60.8 Å². The first-order valence-electron chi connectivity index (χ1n) is 10.6. The van der Waals surface area contributed by atoms with E-state index in [1.54, 1.807) is 53.3 Å². The first kappa shape index (κ1) is 24.3. The van der Waals surface area contributed by atoms with Crippen LogP contribution in [0.1, 0.15) is 22.5 Å². The summed E-state index contributed by atoms with van der Waals surface area (Å²) in [5.74, 6) is -2.65. The van der Waals surface area contributed by atoms with Crippen LogP contribution >= 0.6 is 11.6 Å². The maximum Gasteiger partial charge on any atom is 0.231 e. The molecule has 0 spiro atoms. The average molecular weight is 501 g/mol. The molecule has 1 N–H and O–H groups in total. The molecule has 2 aromatic heterocycles. The number of carbonyl (C=O) groups excluding carboxylic acids is 1. The van der Waals surface area contributed by atoms with E-state index in [0.29, 0.717) is 40.0 Å². The number of benzene rings is 2. The fourth-order valence-corrected chi connectivity index (χ4v) is 3.61. The molecule has 0 aliphatic heterocycles. The predicted octanol–water partition coefficient (Wildman–Crippen LogP) is 5.47. The average Bonchev–Trinajstić information content (AvgIpc) is 3.13. The van der Waals surface area contributed by atoms with Gasteiger partial charge in [0.2, 0.25) is 5.91 Å². The van der Waals surface area contributed by atoms with Gasteiger partial charge in [-0.15, -0.1) is 0 Å². The third kappa shape index (κ3) is 6.19. The second kappa shape index (κ2) is 10.6. The minimum Gasteiger partial charge on any atom is -0.488 e. The summed E-state index contributed by atoms with van der Waals surface area (Å²) >= 11 is 6.15. The molecule has 0 aliphatic carbocycles. The maximum absolute atomic E-state index is 14.0. The Kier molecular flexibility index (Phi) is 7.36. The van der Waals surface area contributed by atoms with Crippen LogP contribution in [0, 0.1) is 24.4 Å². The molecule has 10 heteroatoms. The Balaban J connectivity index is 1.48. The number of aryl methyl sites for hydroxylation is 1. The zero-order valence-electron chi connectivity index (χ0n) is 18.6. The normalized spacial score (nSPS) is 10.9. The molecule has 0 bridgehead atoms. The highest BCUT2D eigenvalue weighted by atomic mass is 35.5. The van der Waals surface area contributed by atoms with Crippen LogP contribution in [0.2, 0.25) is 5.02 Å². The summed E-state index contributed by atoms with van der Waals surface area (Å²) in [5, 5.41) is 7.59. The van der Waals surface area contributed by atoms with Crippen molar-refractivity contribution in [3.63, 3.8) is 0 Å². The molecular formula is C25H20ClF3N4O2. The van der Waals surface area contributed by atoms with Crippen LogP contribution in [0.25, 0.3) is 0 Å². The van der Waals surface area contributed by atoms with E-state index in [9.17, 15) is 18.0 Å². The van der Waals surface area contributed by atoms with Crippen molar-refractivity contribution in [2.24, 2.45) is 0 Å². The van der Waals surface area contributed by atoms with Gasteiger partial charge in [-0.1, -0.05) is 17.7 Å². The monoisotopic (exact) mass is 500 g/mol. The summed E-state index contributed by atoms with van der Waals surface area (Å²) in [6, 6.07) is 13.0. The van der Waals surface area contributed by atoms with E-state index in [-0.39, 0.29) is 24.4 Å². The summed E-state index contributed by atoms with van der Waals surface area (Å²) in [5.41, 5.74) is 1.59. The minimum atomic E-state index is -1.04. The number of hydrogen-bond acceptors (Lipinski definition) is 4. The minimum absolute atomic E-state index is 0.107. The van der Waals surface area contributed by atoms with E-state index in [2.05, 4.69) is 15.4 Å². The molecule has 0 aliphatic rings. The van der Waals surface area contributed by atoms with Gasteiger partial charge in [0.1, 0.15) is 29.8 Å². The Labute approximate surface area is 204 Å². The summed E-state index contributed by atoms with van der Waals surface area (Å²) < 4.78 is 48.4. The van der Waals surface area contributed by atoms with Crippen molar-refractivity contribution in [2.45, 2.75) is 26.5 Å². The zero-order chi connectivity index (χ0) is 24.9. The molecule has 2 aromatic carbocycles. The zero-order valence-corrected chi connectivity index (χ0v) is 19.3. The van der Waals surface area contributed by atoms with Gasteiger partial charge in [0.05, 0.1) is 18.5 Å². The predicted molar refractivity (Wildman–Crippen MR) is 125 cm³/mol. The van der Waals surface area contributed by atoms with E-state index in [4.69, 9.17) is 16.3 Å². The molecule has 180 valence electrons. The van der Waals surface area contributed by atoms with Crippen molar-refractivity contribution in [2.75, 3.05) is 5.32 Å². The second-order valence-corrected chi connectivity index (χ2v) is 8.20. The van der Waals surface area contributed by atoms with Crippen molar-refractivity contribution in [3.8, 4) is 5.75 Å². The van der Waals surface area contributed by atoms with Crippen molar-refractivity contribution < 1.29 is 22.7 Å². The molecule has 0 atom stereocenters. The summed E-state index contributed by atoms with van der Waals surface area (Å²) in [6.45, 7) is 1.58. The Hall–Kier alpha value is -3.85. The van der Waals surface area contributed by atoms with E-state index >= 15 is 0 Å². The fraction of sp³-hybridized carbons (Fsp3) is 0.160. The number of aromatic nitrogens is 3. The van der Waals surface area contributed by atoms with Gasteiger partial charge < -0.3 is 10.1 Å². The molecule has 1 amide bonds. The number of ether oxygens (including phenoxy) is 1. The van der Waals surface area contributed by atoms with Crippen molar-refractivity contribution in [3.05, 3.63) is 106 Å². The molecule has 2 heterocycles. The summed E-state index contributed by atoms with van der Waals surface area (Å²) in [6.07, 6.45) is 1.72. The van der Waals surface area contributed by atoms with Gasteiger partial charge in [0, 0.05) is 46.4 Å². The molecule has 0 saturated carbocycles. The number of rotatable bonds is 8. The van der Waals surface area contributed by atoms with Crippen molar-refractivity contribution in [1.82, 2.24) is 14.8 Å². The van der Waals surface area contributed by atoms with E-state index < -0.39 is 24.1 Å². The molecule has 35 heavy (non-hydrogen) atoms. The first-order valence-corrected chi connectivity index (χ1v) is 10.9. The molecule has 0 radical (unpaired) electrons. The van der Waals surface area contributed by atoms with Gasteiger partial charge in [-0.2, -0.15) is 5.10 Å². The van der Waals surface area contributed by atoms with Gasteiger partial charge in [-0.05, 0) is 37.3 Å². The standard InChI is InChI=1S/C25H20ClF3N4O2/c1-15-8-24(31-25(34)12-19-4-2-3-7-30-19)32-33(15)13-16-9-17(26)5-6-23(16)35-14-20-21(28)10-18(27)11-22(20)29/h2-11H,12-14H2,1H3,(H,31,32,34). The number of carbonyl (C=O) groups is 1. The summed E-state index contributed by atoms with van der Waals surface area (Å²) in [4.78, 5) is 16.5. The Morgan fingerprint density at radius 1 is 1.09 bits per heavy atom. The lowest BCUT2D eigenvalue weighted by atomic mass is 10.2. The quantitative estimate of drug-likeness (QED) is 0.348.